The van der Waals surface area contributed by atoms with Gasteiger partial charge in [-0.05, 0) is 52.9 Å². The standard InChI is InChI=1S/C18H33N5O2/c1-17(2)11-13(12-18(3,4)23-17)9-7-8-10-19-14-20-15(24-5)22-16(21-14)25-6/h13,23H,7-12H2,1-6H3,(H,19,20,21,22). The number of hydrogen-bond donors (Lipinski definition) is 2. The lowest BCUT2D eigenvalue weighted by Crippen LogP contribution is -2.57. The highest BCUT2D eigenvalue weighted by atomic mass is 16.5. The first-order valence-corrected chi connectivity index (χ1v) is 9.10. The van der Waals surface area contributed by atoms with Crippen LogP contribution in [0.2, 0.25) is 0 Å². The van der Waals surface area contributed by atoms with Crippen LogP contribution in [-0.2, 0) is 0 Å². The first-order chi connectivity index (χ1) is 11.7. The van der Waals surface area contributed by atoms with Crippen LogP contribution in [-0.4, -0.2) is 46.8 Å². The molecule has 2 N–H and O–H groups in total. The Morgan fingerprint density at radius 1 is 0.960 bits per heavy atom. The number of unbranched alkanes of at least 4 members (excludes halogenated alkanes) is 1. The van der Waals surface area contributed by atoms with E-state index in [9.17, 15) is 0 Å². The molecule has 1 aromatic heterocycles. The second-order valence-corrected chi connectivity index (χ2v) is 8.22. The molecule has 2 rings (SSSR count). The van der Waals surface area contributed by atoms with Gasteiger partial charge in [0.05, 0.1) is 14.2 Å². The van der Waals surface area contributed by atoms with E-state index in [-0.39, 0.29) is 23.1 Å². The Morgan fingerprint density at radius 3 is 2.04 bits per heavy atom. The van der Waals surface area contributed by atoms with Crippen molar-refractivity contribution in [2.45, 2.75) is 70.9 Å². The van der Waals surface area contributed by atoms with Crippen LogP contribution < -0.4 is 20.1 Å². The molecule has 0 unspecified atom stereocenters. The molecule has 142 valence electrons. The van der Waals surface area contributed by atoms with Gasteiger partial charge in [0.2, 0.25) is 5.95 Å². The van der Waals surface area contributed by atoms with Gasteiger partial charge >= 0.3 is 12.0 Å². The Balaban J connectivity index is 1.75. The van der Waals surface area contributed by atoms with Crippen molar-refractivity contribution in [3.8, 4) is 12.0 Å². The fourth-order valence-electron chi connectivity index (χ4n) is 4.10. The SMILES string of the molecule is COc1nc(NCCCCC2CC(C)(C)NC(C)(C)C2)nc(OC)n1. The Hall–Kier alpha value is -1.63. The Bertz CT molecular complexity index is 524. The second kappa shape index (κ2) is 8.17. The third kappa shape index (κ3) is 6.30. The molecule has 0 radical (unpaired) electrons. The van der Waals surface area contributed by atoms with Gasteiger partial charge in [0.1, 0.15) is 0 Å². The number of rotatable bonds is 8. The fourth-order valence-corrected chi connectivity index (χ4v) is 4.10. The van der Waals surface area contributed by atoms with E-state index in [1.165, 1.54) is 39.9 Å². The molecule has 25 heavy (non-hydrogen) atoms. The minimum Gasteiger partial charge on any atom is -0.467 e. The van der Waals surface area contributed by atoms with Gasteiger partial charge in [-0.3, -0.25) is 0 Å². The summed E-state index contributed by atoms with van der Waals surface area (Å²) in [6.45, 7) is 10.1. The summed E-state index contributed by atoms with van der Waals surface area (Å²) in [6.07, 6.45) is 6.03. The van der Waals surface area contributed by atoms with Crippen molar-refractivity contribution >= 4 is 5.95 Å². The molecule has 7 heteroatoms. The van der Waals surface area contributed by atoms with Gasteiger partial charge in [-0.1, -0.05) is 12.8 Å². The summed E-state index contributed by atoms with van der Waals surface area (Å²) in [6, 6.07) is 0.516. The number of aromatic nitrogens is 3. The summed E-state index contributed by atoms with van der Waals surface area (Å²) in [7, 11) is 3.06. The summed E-state index contributed by atoms with van der Waals surface area (Å²) >= 11 is 0. The molecule has 1 aliphatic rings. The largest absolute Gasteiger partial charge is 0.467 e. The molecular formula is C18H33N5O2. The number of nitrogens with zero attached hydrogens (tertiary/aromatic N) is 3. The predicted octanol–water partition coefficient (Wildman–Crippen LogP) is 3.03. The van der Waals surface area contributed by atoms with E-state index in [0.717, 1.165) is 18.9 Å². The summed E-state index contributed by atoms with van der Waals surface area (Å²) in [5.74, 6) is 1.27. The second-order valence-electron chi connectivity index (χ2n) is 8.22. The zero-order valence-electron chi connectivity index (χ0n) is 16.5. The molecular weight excluding hydrogens is 318 g/mol. The van der Waals surface area contributed by atoms with Crippen LogP contribution in [0.25, 0.3) is 0 Å². The zero-order valence-corrected chi connectivity index (χ0v) is 16.5. The number of anilines is 1. The van der Waals surface area contributed by atoms with Gasteiger partial charge < -0.3 is 20.1 Å². The molecule has 1 fully saturated rings. The van der Waals surface area contributed by atoms with E-state index < -0.39 is 0 Å². The topological polar surface area (TPSA) is 81.2 Å². The average molecular weight is 351 g/mol. The predicted molar refractivity (Wildman–Crippen MR) is 99.3 cm³/mol. The fraction of sp³-hybridized carbons (Fsp3) is 0.833. The van der Waals surface area contributed by atoms with Crippen LogP contribution in [0.4, 0.5) is 5.95 Å². The lowest BCUT2D eigenvalue weighted by Gasteiger charge is -2.46. The molecule has 0 atom stereocenters. The number of hydrogen-bond acceptors (Lipinski definition) is 7. The highest BCUT2D eigenvalue weighted by molar-refractivity contribution is 5.27. The maximum Gasteiger partial charge on any atom is 0.324 e. The lowest BCUT2D eigenvalue weighted by molar-refractivity contribution is 0.122. The minimum absolute atomic E-state index is 0.225. The van der Waals surface area contributed by atoms with Crippen molar-refractivity contribution in [3.05, 3.63) is 0 Å². The highest BCUT2D eigenvalue weighted by Gasteiger charge is 2.37. The molecule has 1 aliphatic heterocycles. The van der Waals surface area contributed by atoms with Crippen LogP contribution in [0.15, 0.2) is 0 Å². The van der Waals surface area contributed by atoms with E-state index in [1.54, 1.807) is 0 Å². The van der Waals surface area contributed by atoms with Crippen molar-refractivity contribution in [1.82, 2.24) is 20.3 Å². The number of piperidine rings is 1. The van der Waals surface area contributed by atoms with Crippen LogP contribution in [0.3, 0.4) is 0 Å². The van der Waals surface area contributed by atoms with Crippen LogP contribution in [0.1, 0.15) is 59.8 Å². The molecule has 7 nitrogen and oxygen atoms in total. The van der Waals surface area contributed by atoms with Crippen molar-refractivity contribution in [2.24, 2.45) is 5.92 Å². The Labute approximate surface area is 151 Å². The summed E-state index contributed by atoms with van der Waals surface area (Å²) in [4.78, 5) is 12.4. The van der Waals surface area contributed by atoms with Crippen LogP contribution in [0, 0.1) is 5.92 Å². The maximum absolute atomic E-state index is 5.05. The molecule has 0 aromatic carbocycles. The number of nitrogens with one attached hydrogen (secondary N) is 2. The third-order valence-electron chi connectivity index (χ3n) is 4.56. The number of methoxy groups -OCH3 is 2. The monoisotopic (exact) mass is 351 g/mol. The first-order valence-electron chi connectivity index (χ1n) is 9.10. The van der Waals surface area contributed by atoms with Crippen molar-refractivity contribution in [1.29, 1.82) is 0 Å². The lowest BCUT2D eigenvalue weighted by atomic mass is 9.74. The van der Waals surface area contributed by atoms with Crippen molar-refractivity contribution in [2.75, 3.05) is 26.1 Å². The van der Waals surface area contributed by atoms with E-state index in [1.807, 2.05) is 0 Å². The summed E-state index contributed by atoms with van der Waals surface area (Å²) < 4.78 is 10.1. The molecule has 0 amide bonds. The van der Waals surface area contributed by atoms with E-state index >= 15 is 0 Å². The van der Waals surface area contributed by atoms with E-state index in [0.29, 0.717) is 5.95 Å². The molecule has 0 spiro atoms. The van der Waals surface area contributed by atoms with Crippen molar-refractivity contribution in [3.63, 3.8) is 0 Å². The Morgan fingerprint density at radius 2 is 1.52 bits per heavy atom. The molecule has 2 heterocycles. The zero-order chi connectivity index (χ0) is 18.5. The van der Waals surface area contributed by atoms with Crippen LogP contribution >= 0.6 is 0 Å². The summed E-state index contributed by atoms with van der Waals surface area (Å²) in [5.41, 5.74) is 0.450. The average Bonchev–Trinajstić information content (AvgIpc) is 2.51. The van der Waals surface area contributed by atoms with Crippen LogP contribution in [0.5, 0.6) is 12.0 Å². The van der Waals surface area contributed by atoms with Crippen molar-refractivity contribution < 1.29 is 9.47 Å². The normalized spacial score (nSPS) is 19.4. The summed E-state index contributed by atoms with van der Waals surface area (Å²) in [5, 5.41) is 6.98. The molecule has 1 aromatic rings. The first kappa shape index (κ1) is 19.7. The van der Waals surface area contributed by atoms with E-state index in [2.05, 4.69) is 53.3 Å². The third-order valence-corrected chi connectivity index (χ3v) is 4.56. The Kier molecular flexibility index (Phi) is 6.43. The minimum atomic E-state index is 0.225. The van der Waals surface area contributed by atoms with Gasteiger partial charge in [0, 0.05) is 17.6 Å². The van der Waals surface area contributed by atoms with E-state index in [4.69, 9.17) is 9.47 Å². The molecule has 1 saturated heterocycles. The van der Waals surface area contributed by atoms with Gasteiger partial charge in [0.25, 0.3) is 0 Å². The van der Waals surface area contributed by atoms with Gasteiger partial charge in [-0.15, -0.1) is 4.98 Å². The van der Waals surface area contributed by atoms with Gasteiger partial charge in [0.15, 0.2) is 0 Å². The number of ether oxygens (including phenoxy) is 2. The van der Waals surface area contributed by atoms with Gasteiger partial charge in [-0.2, -0.15) is 9.97 Å². The van der Waals surface area contributed by atoms with Gasteiger partial charge in [-0.25, -0.2) is 0 Å². The quantitative estimate of drug-likeness (QED) is 0.697. The molecule has 0 saturated carbocycles. The molecule has 0 aliphatic carbocycles. The highest BCUT2D eigenvalue weighted by Crippen LogP contribution is 2.35. The maximum atomic E-state index is 5.05. The smallest absolute Gasteiger partial charge is 0.324 e. The molecule has 0 bridgehead atoms.